The van der Waals surface area contributed by atoms with Crippen LogP contribution in [0, 0.1) is 34.5 Å². The van der Waals surface area contributed by atoms with Crippen molar-refractivity contribution in [2.45, 2.75) is 82.8 Å². The highest BCUT2D eigenvalue weighted by Gasteiger charge is 2.68. The van der Waals surface area contributed by atoms with Crippen molar-refractivity contribution >= 4 is 11.8 Å². The summed E-state index contributed by atoms with van der Waals surface area (Å²) in [5, 5.41) is 0. The molecule has 1 saturated heterocycles. The molecule has 0 nitrogen and oxygen atoms in total. The second-order valence-electron chi connectivity index (χ2n) is 9.68. The minimum Gasteiger partial charge on any atom is -0.152 e. The molecule has 0 bridgehead atoms. The normalized spacial score (nSPS) is 62.0. The maximum absolute atomic E-state index is 2.72. The van der Waals surface area contributed by atoms with E-state index in [0.29, 0.717) is 0 Å². The van der Waals surface area contributed by atoms with Gasteiger partial charge in [0.05, 0.1) is 0 Å². The fourth-order valence-electron chi connectivity index (χ4n) is 7.95. The van der Waals surface area contributed by atoms with E-state index in [1.165, 1.54) is 18.6 Å². The van der Waals surface area contributed by atoms with Crippen LogP contribution in [0.25, 0.3) is 0 Å². The number of hydrogen-bond acceptors (Lipinski definition) is 1. The molecule has 0 aromatic rings. The molecule has 4 saturated carbocycles. The lowest BCUT2D eigenvalue weighted by molar-refractivity contribution is -0.105. The molecule has 21 heavy (non-hydrogen) atoms. The van der Waals surface area contributed by atoms with Gasteiger partial charge in [-0.1, -0.05) is 26.7 Å². The Morgan fingerprint density at radius 1 is 0.810 bits per heavy atom. The second kappa shape index (κ2) is 4.25. The molecule has 5 aliphatic rings. The third-order valence-electron chi connectivity index (χ3n) is 9.37. The van der Waals surface area contributed by atoms with Gasteiger partial charge in [-0.2, -0.15) is 11.8 Å². The first kappa shape index (κ1) is 13.8. The van der Waals surface area contributed by atoms with Gasteiger partial charge in [-0.05, 0) is 85.9 Å². The number of rotatable bonds is 0. The summed E-state index contributed by atoms with van der Waals surface area (Å²) in [7, 11) is 0. The Bertz CT molecular complexity index is 453. The molecule has 4 unspecified atom stereocenters. The van der Waals surface area contributed by atoms with Crippen molar-refractivity contribution in [1.82, 2.24) is 0 Å². The van der Waals surface area contributed by atoms with E-state index in [4.69, 9.17) is 0 Å². The zero-order chi connectivity index (χ0) is 14.3. The Morgan fingerprint density at radius 2 is 1.62 bits per heavy atom. The maximum atomic E-state index is 2.72. The third-order valence-corrected chi connectivity index (χ3v) is 11.0. The van der Waals surface area contributed by atoms with Gasteiger partial charge in [-0.15, -0.1) is 0 Å². The number of fused-ring (bicyclic) bond motifs is 6. The highest BCUT2D eigenvalue weighted by atomic mass is 32.2. The molecule has 1 aliphatic heterocycles. The van der Waals surface area contributed by atoms with Crippen LogP contribution >= 0.6 is 11.8 Å². The molecule has 5 rings (SSSR count). The van der Waals surface area contributed by atoms with Gasteiger partial charge < -0.3 is 0 Å². The predicted molar refractivity (Wildman–Crippen MR) is 91.5 cm³/mol. The van der Waals surface area contributed by atoms with Crippen LogP contribution in [0.1, 0.15) is 78.1 Å². The van der Waals surface area contributed by atoms with Crippen LogP contribution < -0.4 is 0 Å². The molecule has 0 amide bonds. The van der Waals surface area contributed by atoms with Crippen LogP contribution in [0.4, 0.5) is 0 Å². The second-order valence-corrected chi connectivity index (χ2v) is 11.0. The van der Waals surface area contributed by atoms with Crippen LogP contribution in [-0.2, 0) is 0 Å². The average molecular weight is 305 g/mol. The molecule has 7 atom stereocenters. The van der Waals surface area contributed by atoms with E-state index < -0.39 is 0 Å². The Hall–Kier alpha value is 0.350. The first-order valence-electron chi connectivity index (χ1n) is 9.73. The summed E-state index contributed by atoms with van der Waals surface area (Å²) in [4.78, 5) is 0. The van der Waals surface area contributed by atoms with Crippen molar-refractivity contribution in [2.24, 2.45) is 34.5 Å². The Balaban J connectivity index is 1.48. The average Bonchev–Trinajstić information content (AvgIpc) is 3.20. The first-order chi connectivity index (χ1) is 10.1. The molecule has 1 heteroatoms. The molecular formula is C20H32S. The molecule has 118 valence electrons. The summed E-state index contributed by atoms with van der Waals surface area (Å²) in [6, 6.07) is 0. The van der Waals surface area contributed by atoms with Gasteiger partial charge in [0.2, 0.25) is 0 Å². The fourth-order valence-corrected chi connectivity index (χ4v) is 9.44. The lowest BCUT2D eigenvalue weighted by Crippen LogP contribution is -2.53. The molecule has 0 radical (unpaired) electrons. The van der Waals surface area contributed by atoms with E-state index in [2.05, 4.69) is 25.6 Å². The van der Waals surface area contributed by atoms with Crippen LogP contribution in [0.3, 0.4) is 0 Å². The van der Waals surface area contributed by atoms with Crippen molar-refractivity contribution < 1.29 is 0 Å². The van der Waals surface area contributed by atoms with Crippen LogP contribution in [-0.4, -0.2) is 10.5 Å². The van der Waals surface area contributed by atoms with Crippen molar-refractivity contribution in [3.8, 4) is 0 Å². The zero-order valence-corrected chi connectivity index (χ0v) is 14.8. The molecule has 4 aliphatic carbocycles. The summed E-state index contributed by atoms with van der Waals surface area (Å²) >= 11 is 2.32. The minimum atomic E-state index is 0.719. The first-order valence-corrected chi connectivity index (χ1v) is 10.7. The lowest BCUT2D eigenvalue weighted by Gasteiger charge is -2.60. The monoisotopic (exact) mass is 304 g/mol. The van der Waals surface area contributed by atoms with Gasteiger partial charge in [0.15, 0.2) is 0 Å². The van der Waals surface area contributed by atoms with Crippen LogP contribution in [0.2, 0.25) is 0 Å². The van der Waals surface area contributed by atoms with Crippen molar-refractivity contribution in [2.75, 3.05) is 5.75 Å². The van der Waals surface area contributed by atoms with Crippen LogP contribution in [0.15, 0.2) is 0 Å². The number of hydrogen-bond donors (Lipinski definition) is 0. The van der Waals surface area contributed by atoms with Gasteiger partial charge in [0.25, 0.3) is 0 Å². The van der Waals surface area contributed by atoms with Gasteiger partial charge in [-0.3, -0.25) is 0 Å². The van der Waals surface area contributed by atoms with E-state index in [1.54, 1.807) is 51.4 Å². The van der Waals surface area contributed by atoms with Gasteiger partial charge in [0, 0.05) is 10.5 Å². The summed E-state index contributed by atoms with van der Waals surface area (Å²) < 4.78 is 0.757. The van der Waals surface area contributed by atoms with Crippen molar-refractivity contribution in [3.05, 3.63) is 0 Å². The van der Waals surface area contributed by atoms with E-state index >= 15 is 0 Å². The van der Waals surface area contributed by atoms with Gasteiger partial charge in [0.1, 0.15) is 0 Å². The largest absolute Gasteiger partial charge is 0.152 e. The van der Waals surface area contributed by atoms with E-state index in [1.807, 2.05) is 0 Å². The molecule has 5 fully saturated rings. The highest BCUT2D eigenvalue weighted by molar-refractivity contribution is 8.08. The SMILES string of the molecule is C[C@]12CCCCC1CCC1C2CC[C@@]2(C)C1CC[C@]21CS1. The summed E-state index contributed by atoms with van der Waals surface area (Å²) in [6.07, 6.45) is 15.6. The summed E-state index contributed by atoms with van der Waals surface area (Å²) in [6.45, 7) is 5.42. The van der Waals surface area contributed by atoms with Crippen molar-refractivity contribution in [1.29, 1.82) is 0 Å². The summed E-state index contributed by atoms with van der Waals surface area (Å²) in [5.41, 5.74) is 1.45. The minimum absolute atomic E-state index is 0.719. The molecule has 0 aromatic carbocycles. The van der Waals surface area contributed by atoms with E-state index in [0.717, 1.165) is 39.2 Å². The standard InChI is InChI=1S/C20H32S/c1-18-10-4-3-5-14(18)6-7-15-16(18)8-11-19(2)17(15)9-12-20(19)13-21-20/h14-17H,3-13H2,1-2H3/t14?,15?,16?,17?,18-,19-,20-/m0/s1. The zero-order valence-electron chi connectivity index (χ0n) is 14.0. The van der Waals surface area contributed by atoms with E-state index in [9.17, 15) is 0 Å². The molecular weight excluding hydrogens is 272 g/mol. The molecule has 1 heterocycles. The fraction of sp³-hybridized carbons (Fsp3) is 1.00. The van der Waals surface area contributed by atoms with E-state index in [-0.39, 0.29) is 0 Å². The maximum Gasteiger partial charge on any atom is 0.0307 e. The Kier molecular flexibility index (Phi) is 2.78. The highest BCUT2D eigenvalue weighted by Crippen LogP contribution is 2.75. The molecule has 0 N–H and O–H groups in total. The van der Waals surface area contributed by atoms with Gasteiger partial charge >= 0.3 is 0 Å². The Labute approximate surface area is 135 Å². The third kappa shape index (κ3) is 1.60. The Morgan fingerprint density at radius 3 is 2.43 bits per heavy atom. The molecule has 1 spiro atoms. The quantitative estimate of drug-likeness (QED) is 0.502. The van der Waals surface area contributed by atoms with Gasteiger partial charge in [-0.25, -0.2) is 0 Å². The predicted octanol–water partition coefficient (Wildman–Crippen LogP) is 5.90. The topological polar surface area (TPSA) is 0 Å². The smallest absolute Gasteiger partial charge is 0.0307 e. The summed E-state index contributed by atoms with van der Waals surface area (Å²) in [5.74, 6) is 5.86. The number of thioether (sulfide) groups is 1. The van der Waals surface area contributed by atoms with Crippen LogP contribution in [0.5, 0.6) is 0 Å². The lowest BCUT2D eigenvalue weighted by atomic mass is 9.45. The van der Waals surface area contributed by atoms with Crippen molar-refractivity contribution in [3.63, 3.8) is 0 Å². The molecule has 0 aromatic heterocycles.